The Balaban J connectivity index is 0.000000162. The number of aryl methyl sites for hydroxylation is 2. The van der Waals surface area contributed by atoms with Crippen LogP contribution in [-0.4, -0.2) is 34.1 Å². The second-order valence-corrected chi connectivity index (χ2v) is 13.4. The van der Waals surface area contributed by atoms with Gasteiger partial charge in [0.05, 0.1) is 11.0 Å². The fourth-order valence-electron chi connectivity index (χ4n) is 6.79. The lowest BCUT2D eigenvalue weighted by molar-refractivity contribution is 0.350. The van der Waals surface area contributed by atoms with Gasteiger partial charge in [0.1, 0.15) is 11.6 Å². The van der Waals surface area contributed by atoms with Crippen molar-refractivity contribution < 1.29 is 0 Å². The molecule has 5 aromatic rings. The number of aromatic nitrogens is 2. The Bertz CT molecular complexity index is 1650. The molecular weight excluding hydrogens is 561 g/mol. The van der Waals surface area contributed by atoms with E-state index < -0.39 is 0 Å². The molecule has 2 fully saturated rings. The van der Waals surface area contributed by atoms with E-state index in [0.717, 1.165) is 48.5 Å². The van der Waals surface area contributed by atoms with E-state index in [9.17, 15) is 0 Å². The van der Waals surface area contributed by atoms with E-state index in [2.05, 4.69) is 101 Å². The summed E-state index contributed by atoms with van der Waals surface area (Å²) in [5.74, 6) is 2.00. The van der Waals surface area contributed by atoms with Gasteiger partial charge >= 0.3 is 0 Å². The predicted octanol–water partition coefficient (Wildman–Crippen LogP) is 8.34. The van der Waals surface area contributed by atoms with Crippen molar-refractivity contribution in [3.63, 3.8) is 0 Å². The molecule has 0 saturated heterocycles. The number of pyridine rings is 2. The van der Waals surface area contributed by atoms with Crippen molar-refractivity contribution in [1.82, 2.24) is 15.3 Å². The molecule has 4 atom stereocenters. The molecule has 0 radical (unpaired) electrons. The van der Waals surface area contributed by atoms with Gasteiger partial charge < -0.3 is 21.7 Å². The molecule has 3 aromatic heterocycles. The number of nitrogens with two attached hydrogens (primary N) is 1. The predicted molar refractivity (Wildman–Crippen MR) is 188 cm³/mol. The monoisotopic (exact) mass is 606 g/mol. The van der Waals surface area contributed by atoms with Crippen LogP contribution in [0.1, 0.15) is 68.1 Å². The third kappa shape index (κ3) is 7.95. The fourth-order valence-corrected chi connectivity index (χ4v) is 7.45. The standard InChI is InChI=1S/C21H25N3S.C16H21N3/c1-15-11-21(24-20-8-3-2-7-19(15)20)23-18-6-4-5-17(12-18)22-13-16-9-10-25-14-16;1-11-9-16(18-13-6-4-5-12(17)10-13)19-15-8-3-2-7-14(11)15/h2-3,7-11,14,17-18,22H,4-6,12-13H2,1H3,(H,23,24);2-3,7-9,12-13H,4-6,10,17H2,1H3,(H,18,19). The summed E-state index contributed by atoms with van der Waals surface area (Å²) < 4.78 is 0. The van der Waals surface area contributed by atoms with Crippen molar-refractivity contribution in [2.24, 2.45) is 5.73 Å². The maximum Gasteiger partial charge on any atom is 0.127 e. The maximum absolute atomic E-state index is 6.04. The Kier molecular flexibility index (Phi) is 10.1. The number of anilines is 2. The zero-order chi connectivity index (χ0) is 30.3. The van der Waals surface area contributed by atoms with E-state index in [4.69, 9.17) is 15.7 Å². The van der Waals surface area contributed by atoms with Crippen LogP contribution in [0, 0.1) is 13.8 Å². The Morgan fingerprint density at radius 2 is 1.30 bits per heavy atom. The Morgan fingerprint density at radius 3 is 1.89 bits per heavy atom. The van der Waals surface area contributed by atoms with E-state index in [1.807, 2.05) is 6.07 Å². The third-order valence-electron chi connectivity index (χ3n) is 9.11. The first-order chi connectivity index (χ1) is 21.5. The van der Waals surface area contributed by atoms with Gasteiger partial charge in [-0.15, -0.1) is 0 Å². The smallest absolute Gasteiger partial charge is 0.127 e. The molecular formula is C37H46N6S. The maximum atomic E-state index is 6.04. The molecule has 7 rings (SSSR count). The Hall–Kier alpha value is -3.52. The average molecular weight is 607 g/mol. The van der Waals surface area contributed by atoms with Crippen LogP contribution in [0.4, 0.5) is 11.6 Å². The summed E-state index contributed by atoms with van der Waals surface area (Å²) in [5, 5.41) is 17.8. The minimum absolute atomic E-state index is 0.341. The van der Waals surface area contributed by atoms with E-state index in [1.54, 1.807) is 11.3 Å². The van der Waals surface area contributed by atoms with Gasteiger partial charge in [0, 0.05) is 41.5 Å². The van der Waals surface area contributed by atoms with Gasteiger partial charge in [-0.3, -0.25) is 0 Å². The lowest BCUT2D eigenvalue weighted by Gasteiger charge is -2.31. The molecule has 44 heavy (non-hydrogen) atoms. The summed E-state index contributed by atoms with van der Waals surface area (Å²) in [6.07, 6.45) is 9.54. The molecule has 2 aliphatic rings. The zero-order valence-electron chi connectivity index (χ0n) is 26.1. The van der Waals surface area contributed by atoms with Crippen molar-refractivity contribution in [3.8, 4) is 0 Å². The number of fused-ring (bicyclic) bond motifs is 2. The van der Waals surface area contributed by atoms with Gasteiger partial charge in [0.2, 0.25) is 0 Å². The largest absolute Gasteiger partial charge is 0.367 e. The quantitative estimate of drug-likeness (QED) is 0.149. The van der Waals surface area contributed by atoms with Crippen LogP contribution < -0.4 is 21.7 Å². The number of rotatable bonds is 7. The molecule has 6 nitrogen and oxygen atoms in total. The fraction of sp³-hybridized carbons (Fsp3) is 0.405. The average Bonchev–Trinajstić information content (AvgIpc) is 3.55. The summed E-state index contributed by atoms with van der Waals surface area (Å²) >= 11 is 1.77. The highest BCUT2D eigenvalue weighted by Gasteiger charge is 2.22. The van der Waals surface area contributed by atoms with Crippen molar-refractivity contribution in [3.05, 3.63) is 94.2 Å². The minimum atomic E-state index is 0.341. The number of hydrogen-bond donors (Lipinski definition) is 4. The molecule has 0 bridgehead atoms. The van der Waals surface area contributed by atoms with Gasteiger partial charge in [-0.2, -0.15) is 11.3 Å². The Morgan fingerprint density at radius 1 is 0.727 bits per heavy atom. The number of nitrogens with zero attached hydrogens (tertiary/aromatic N) is 2. The SMILES string of the molecule is Cc1cc(NC2CCCC(N)C2)nc2ccccc12.Cc1cc(NC2CCCC(NCc3ccsc3)C2)nc2ccccc12. The molecule has 0 aliphatic heterocycles. The minimum Gasteiger partial charge on any atom is -0.367 e. The van der Waals surface area contributed by atoms with Crippen molar-refractivity contribution in [1.29, 1.82) is 0 Å². The molecule has 2 aliphatic carbocycles. The number of nitrogens with one attached hydrogen (secondary N) is 3. The van der Waals surface area contributed by atoms with Crippen LogP contribution in [0.25, 0.3) is 21.8 Å². The third-order valence-corrected chi connectivity index (χ3v) is 9.85. The van der Waals surface area contributed by atoms with Crippen LogP contribution in [0.2, 0.25) is 0 Å². The summed E-state index contributed by atoms with van der Waals surface area (Å²) in [5.41, 5.74) is 12.1. The molecule has 4 unspecified atom stereocenters. The van der Waals surface area contributed by atoms with Gasteiger partial charge in [-0.1, -0.05) is 36.4 Å². The lowest BCUT2D eigenvalue weighted by Crippen LogP contribution is -2.38. The zero-order valence-corrected chi connectivity index (χ0v) is 26.9. The first-order valence-electron chi connectivity index (χ1n) is 16.3. The van der Waals surface area contributed by atoms with Crippen LogP contribution in [0.5, 0.6) is 0 Å². The normalized spacial score (nSPS) is 21.9. The van der Waals surface area contributed by atoms with Crippen LogP contribution in [-0.2, 0) is 6.54 Å². The lowest BCUT2D eigenvalue weighted by atomic mass is 9.91. The van der Waals surface area contributed by atoms with Gasteiger partial charge in [0.15, 0.2) is 0 Å². The highest BCUT2D eigenvalue weighted by molar-refractivity contribution is 7.07. The molecule has 230 valence electrons. The number of benzene rings is 2. The first-order valence-corrected chi connectivity index (χ1v) is 17.2. The topological polar surface area (TPSA) is 87.9 Å². The van der Waals surface area contributed by atoms with Gasteiger partial charge in [-0.05, 0) is 123 Å². The van der Waals surface area contributed by atoms with Crippen LogP contribution in [0.15, 0.2) is 77.5 Å². The molecule has 2 saturated carbocycles. The summed E-state index contributed by atoms with van der Waals surface area (Å²) in [6, 6.07) is 25.1. The number of hydrogen-bond acceptors (Lipinski definition) is 7. The van der Waals surface area contributed by atoms with Gasteiger partial charge in [0.25, 0.3) is 0 Å². The van der Waals surface area contributed by atoms with Crippen LogP contribution in [0.3, 0.4) is 0 Å². The van der Waals surface area contributed by atoms with Crippen molar-refractivity contribution in [2.45, 2.75) is 95.9 Å². The second kappa shape index (κ2) is 14.5. The second-order valence-electron chi connectivity index (χ2n) is 12.7. The molecule has 2 aromatic carbocycles. The number of thiophene rings is 1. The number of para-hydroxylation sites is 2. The van der Waals surface area contributed by atoms with E-state index >= 15 is 0 Å². The summed E-state index contributed by atoms with van der Waals surface area (Å²) in [4.78, 5) is 9.51. The first kappa shape index (κ1) is 30.5. The van der Waals surface area contributed by atoms with Crippen LogP contribution >= 0.6 is 11.3 Å². The van der Waals surface area contributed by atoms with Gasteiger partial charge in [-0.25, -0.2) is 9.97 Å². The highest BCUT2D eigenvalue weighted by atomic mass is 32.1. The molecule has 0 amide bonds. The van der Waals surface area contributed by atoms with E-state index in [1.165, 1.54) is 59.6 Å². The Labute approximate surface area is 265 Å². The molecule has 5 N–H and O–H groups in total. The highest BCUT2D eigenvalue weighted by Crippen LogP contribution is 2.26. The molecule has 7 heteroatoms. The van der Waals surface area contributed by atoms with E-state index in [-0.39, 0.29) is 0 Å². The van der Waals surface area contributed by atoms with E-state index in [0.29, 0.717) is 24.2 Å². The summed E-state index contributed by atoms with van der Waals surface area (Å²) in [7, 11) is 0. The molecule has 3 heterocycles. The summed E-state index contributed by atoms with van der Waals surface area (Å²) in [6.45, 7) is 5.29. The van der Waals surface area contributed by atoms with Crippen molar-refractivity contribution in [2.75, 3.05) is 10.6 Å². The van der Waals surface area contributed by atoms with Crippen molar-refractivity contribution >= 4 is 44.8 Å². The molecule has 0 spiro atoms.